The van der Waals surface area contributed by atoms with Gasteiger partial charge in [-0.1, -0.05) is 30.3 Å². The number of para-hydroxylation sites is 2. The molecule has 1 aliphatic rings. The molecule has 1 aliphatic heterocycles. The van der Waals surface area contributed by atoms with Gasteiger partial charge in [0.2, 0.25) is 0 Å². The van der Waals surface area contributed by atoms with Gasteiger partial charge in [0.25, 0.3) is 11.8 Å². The van der Waals surface area contributed by atoms with Gasteiger partial charge in [-0.25, -0.2) is 0 Å². The molecule has 2 heterocycles. The standard InChI is InChI=1S/C19H18N4O3S/c24-18(15-11-27-16-8-4-3-7-14(16)26-15)20-9-10-21-19(25)17-12-5-1-2-6-13(12)22-23-17/h1-8,15H,9-11H2,(H,20,24)(H,21,25)(H,22,23). The third-order valence-corrected chi connectivity index (χ3v) is 5.31. The molecule has 0 radical (unpaired) electrons. The SMILES string of the molecule is O=C(NCCNC(=O)C1CSc2ccccc2O1)c1n[nH]c2ccccc12. The molecular weight excluding hydrogens is 364 g/mol. The zero-order chi connectivity index (χ0) is 18.6. The number of carbonyl (C=O) groups excluding carboxylic acids is 2. The van der Waals surface area contributed by atoms with Crippen LogP contribution in [0.25, 0.3) is 10.9 Å². The van der Waals surface area contributed by atoms with Gasteiger partial charge < -0.3 is 15.4 Å². The van der Waals surface area contributed by atoms with Crippen LogP contribution in [0.15, 0.2) is 53.4 Å². The summed E-state index contributed by atoms with van der Waals surface area (Å²) in [6.45, 7) is 0.626. The van der Waals surface area contributed by atoms with Crippen molar-refractivity contribution in [1.29, 1.82) is 0 Å². The zero-order valence-corrected chi connectivity index (χ0v) is 15.2. The number of hydrogen-bond donors (Lipinski definition) is 3. The molecule has 3 aromatic rings. The van der Waals surface area contributed by atoms with E-state index in [4.69, 9.17) is 4.74 Å². The van der Waals surface area contributed by atoms with Gasteiger partial charge in [-0.05, 0) is 18.2 Å². The smallest absolute Gasteiger partial charge is 0.272 e. The summed E-state index contributed by atoms with van der Waals surface area (Å²) >= 11 is 1.60. The fraction of sp³-hybridized carbons (Fsp3) is 0.211. The summed E-state index contributed by atoms with van der Waals surface area (Å²) in [4.78, 5) is 25.6. The van der Waals surface area contributed by atoms with Crippen LogP contribution in [-0.2, 0) is 4.79 Å². The Morgan fingerprint density at radius 2 is 1.89 bits per heavy atom. The molecule has 2 aromatic carbocycles. The summed E-state index contributed by atoms with van der Waals surface area (Å²) < 4.78 is 5.74. The zero-order valence-electron chi connectivity index (χ0n) is 14.4. The van der Waals surface area contributed by atoms with E-state index in [9.17, 15) is 9.59 Å². The first-order valence-electron chi connectivity index (χ1n) is 8.60. The highest BCUT2D eigenvalue weighted by Crippen LogP contribution is 2.34. The number of nitrogens with one attached hydrogen (secondary N) is 3. The minimum Gasteiger partial charge on any atom is -0.479 e. The Labute approximate surface area is 159 Å². The monoisotopic (exact) mass is 382 g/mol. The lowest BCUT2D eigenvalue weighted by Gasteiger charge is -2.24. The fourth-order valence-electron chi connectivity index (χ4n) is 2.84. The number of aromatic nitrogens is 2. The molecule has 0 saturated heterocycles. The molecule has 1 unspecified atom stereocenters. The maximum atomic E-state index is 12.3. The van der Waals surface area contributed by atoms with Gasteiger partial charge in [0.1, 0.15) is 5.75 Å². The highest BCUT2D eigenvalue weighted by Gasteiger charge is 2.26. The van der Waals surface area contributed by atoms with Gasteiger partial charge >= 0.3 is 0 Å². The van der Waals surface area contributed by atoms with Gasteiger partial charge in [-0.15, -0.1) is 11.8 Å². The van der Waals surface area contributed by atoms with Crippen molar-refractivity contribution in [2.24, 2.45) is 0 Å². The fourth-order valence-corrected chi connectivity index (χ4v) is 3.83. The number of hydrogen-bond acceptors (Lipinski definition) is 5. The normalized spacial score (nSPS) is 15.6. The summed E-state index contributed by atoms with van der Waals surface area (Å²) in [5, 5.41) is 13.2. The van der Waals surface area contributed by atoms with E-state index in [-0.39, 0.29) is 11.8 Å². The summed E-state index contributed by atoms with van der Waals surface area (Å²) in [7, 11) is 0. The van der Waals surface area contributed by atoms with Crippen molar-refractivity contribution in [2.45, 2.75) is 11.0 Å². The number of amides is 2. The second-order valence-electron chi connectivity index (χ2n) is 6.03. The van der Waals surface area contributed by atoms with E-state index in [1.54, 1.807) is 11.8 Å². The molecule has 3 N–H and O–H groups in total. The quantitative estimate of drug-likeness (QED) is 0.586. The Kier molecular flexibility index (Phi) is 4.97. The summed E-state index contributed by atoms with van der Waals surface area (Å²) in [5.74, 6) is 0.832. The molecule has 0 fully saturated rings. The van der Waals surface area contributed by atoms with E-state index in [0.717, 1.165) is 21.5 Å². The number of carbonyl (C=O) groups is 2. The Bertz CT molecular complexity index is 988. The first-order chi connectivity index (χ1) is 13.2. The van der Waals surface area contributed by atoms with E-state index >= 15 is 0 Å². The van der Waals surface area contributed by atoms with Crippen molar-refractivity contribution in [3.8, 4) is 5.75 Å². The number of H-pyrrole nitrogens is 1. The first-order valence-corrected chi connectivity index (χ1v) is 9.58. The molecular formula is C19H18N4O3S. The van der Waals surface area contributed by atoms with Crippen molar-refractivity contribution in [3.05, 3.63) is 54.2 Å². The average Bonchev–Trinajstić information content (AvgIpc) is 3.15. The molecule has 0 saturated carbocycles. The molecule has 27 heavy (non-hydrogen) atoms. The van der Waals surface area contributed by atoms with Gasteiger partial charge in [0, 0.05) is 29.1 Å². The minimum absolute atomic E-state index is 0.184. The van der Waals surface area contributed by atoms with Crippen LogP contribution in [0.3, 0.4) is 0 Å². The second kappa shape index (κ2) is 7.71. The molecule has 8 heteroatoms. The predicted molar refractivity (Wildman–Crippen MR) is 103 cm³/mol. The Hall–Kier alpha value is -3.00. The molecule has 138 valence electrons. The van der Waals surface area contributed by atoms with E-state index in [0.29, 0.717) is 24.5 Å². The number of benzene rings is 2. The van der Waals surface area contributed by atoms with Gasteiger partial charge in [0.15, 0.2) is 11.8 Å². The number of rotatable bonds is 5. The summed E-state index contributed by atoms with van der Waals surface area (Å²) in [6.07, 6.45) is -0.532. The highest BCUT2D eigenvalue weighted by molar-refractivity contribution is 7.99. The first kappa shape index (κ1) is 17.4. The molecule has 0 spiro atoms. The lowest BCUT2D eigenvalue weighted by atomic mass is 10.2. The van der Waals surface area contributed by atoms with Crippen LogP contribution >= 0.6 is 11.8 Å². The van der Waals surface area contributed by atoms with E-state index in [2.05, 4.69) is 20.8 Å². The van der Waals surface area contributed by atoms with Crippen LogP contribution < -0.4 is 15.4 Å². The molecule has 4 rings (SSSR count). The van der Waals surface area contributed by atoms with Crippen molar-refractivity contribution in [2.75, 3.05) is 18.8 Å². The van der Waals surface area contributed by atoms with Crippen LogP contribution in [0.4, 0.5) is 0 Å². The minimum atomic E-state index is -0.532. The third kappa shape index (κ3) is 3.75. The Morgan fingerprint density at radius 1 is 1.11 bits per heavy atom. The number of thioether (sulfide) groups is 1. The van der Waals surface area contributed by atoms with Crippen LogP contribution in [0.5, 0.6) is 5.75 Å². The third-order valence-electron chi connectivity index (χ3n) is 4.20. The van der Waals surface area contributed by atoms with Crippen molar-refractivity contribution >= 4 is 34.5 Å². The molecule has 2 amide bonds. The maximum Gasteiger partial charge on any atom is 0.272 e. The van der Waals surface area contributed by atoms with Crippen LogP contribution in [0.2, 0.25) is 0 Å². The molecule has 7 nitrogen and oxygen atoms in total. The van der Waals surface area contributed by atoms with E-state index in [1.165, 1.54) is 0 Å². The lowest BCUT2D eigenvalue weighted by Crippen LogP contribution is -2.44. The van der Waals surface area contributed by atoms with Crippen LogP contribution in [-0.4, -0.2) is 47.0 Å². The number of aromatic amines is 1. The Morgan fingerprint density at radius 3 is 2.81 bits per heavy atom. The summed E-state index contributed by atoms with van der Waals surface area (Å²) in [6, 6.07) is 15.1. The van der Waals surface area contributed by atoms with E-state index < -0.39 is 6.10 Å². The van der Waals surface area contributed by atoms with Gasteiger partial charge in [-0.2, -0.15) is 5.10 Å². The lowest BCUT2D eigenvalue weighted by molar-refractivity contribution is -0.127. The predicted octanol–water partition coefficient (Wildman–Crippen LogP) is 1.96. The van der Waals surface area contributed by atoms with E-state index in [1.807, 2.05) is 48.5 Å². The van der Waals surface area contributed by atoms with Gasteiger partial charge in [-0.3, -0.25) is 14.7 Å². The largest absolute Gasteiger partial charge is 0.479 e. The van der Waals surface area contributed by atoms with Gasteiger partial charge in [0.05, 0.1) is 5.52 Å². The van der Waals surface area contributed by atoms with Crippen LogP contribution in [0, 0.1) is 0 Å². The number of nitrogens with zero attached hydrogens (tertiary/aromatic N) is 1. The van der Waals surface area contributed by atoms with Crippen molar-refractivity contribution in [3.63, 3.8) is 0 Å². The maximum absolute atomic E-state index is 12.3. The van der Waals surface area contributed by atoms with Crippen molar-refractivity contribution < 1.29 is 14.3 Å². The Balaban J connectivity index is 1.25. The topological polar surface area (TPSA) is 96.1 Å². The number of fused-ring (bicyclic) bond motifs is 2. The highest BCUT2D eigenvalue weighted by atomic mass is 32.2. The number of ether oxygens (including phenoxy) is 1. The molecule has 1 atom stereocenters. The molecule has 1 aromatic heterocycles. The average molecular weight is 382 g/mol. The van der Waals surface area contributed by atoms with Crippen LogP contribution in [0.1, 0.15) is 10.5 Å². The summed E-state index contributed by atoms with van der Waals surface area (Å²) in [5.41, 5.74) is 1.16. The molecule has 0 aliphatic carbocycles. The van der Waals surface area contributed by atoms with Crippen molar-refractivity contribution in [1.82, 2.24) is 20.8 Å². The molecule has 0 bridgehead atoms. The second-order valence-corrected chi connectivity index (χ2v) is 7.09.